The quantitative estimate of drug-likeness (QED) is 0.478. The van der Waals surface area contributed by atoms with Gasteiger partial charge in [-0.1, -0.05) is 24.3 Å². The molecule has 0 aliphatic heterocycles. The van der Waals surface area contributed by atoms with E-state index in [4.69, 9.17) is 14.9 Å². The van der Waals surface area contributed by atoms with E-state index < -0.39 is 10.0 Å². The third-order valence-electron chi connectivity index (χ3n) is 5.13. The third-order valence-corrected chi connectivity index (χ3v) is 6.04. The van der Waals surface area contributed by atoms with Gasteiger partial charge in [0.1, 0.15) is 5.75 Å². The number of methoxy groups -OCH3 is 1. The Morgan fingerprint density at radius 1 is 1.00 bits per heavy atom. The zero-order chi connectivity index (χ0) is 22.9. The number of carbonyl (C=O) groups excluding carboxylic acids is 1. The molecule has 1 aromatic heterocycles. The number of carbonyl (C=O) groups is 1. The normalized spacial score (nSPS) is 11.3. The Morgan fingerprint density at radius 2 is 1.72 bits per heavy atom. The average Bonchev–Trinajstić information content (AvgIpc) is 2.79. The zero-order valence-corrected chi connectivity index (χ0v) is 18.3. The van der Waals surface area contributed by atoms with Gasteiger partial charge in [0.15, 0.2) is 0 Å². The SMILES string of the molecule is COc1ccc(-c2cc(C(=O)Nc3cc(S(N)(=O)=O)ccc3C)c3ccccc3n2)cc1. The van der Waals surface area contributed by atoms with Crippen molar-refractivity contribution in [3.05, 3.63) is 83.9 Å². The predicted molar refractivity (Wildman–Crippen MR) is 124 cm³/mol. The van der Waals surface area contributed by atoms with Crippen LogP contribution in [0.3, 0.4) is 0 Å². The van der Waals surface area contributed by atoms with Gasteiger partial charge in [0.05, 0.1) is 28.8 Å². The van der Waals surface area contributed by atoms with Gasteiger partial charge in [-0.2, -0.15) is 0 Å². The summed E-state index contributed by atoms with van der Waals surface area (Å²) in [6.07, 6.45) is 0. The number of hydrogen-bond acceptors (Lipinski definition) is 5. The maximum atomic E-state index is 13.3. The minimum Gasteiger partial charge on any atom is -0.497 e. The van der Waals surface area contributed by atoms with Crippen molar-refractivity contribution >= 4 is 32.5 Å². The summed E-state index contributed by atoms with van der Waals surface area (Å²) in [6.45, 7) is 1.77. The molecule has 0 aliphatic carbocycles. The summed E-state index contributed by atoms with van der Waals surface area (Å²) < 4.78 is 28.7. The number of primary sulfonamides is 1. The fraction of sp³-hybridized carbons (Fsp3) is 0.0833. The zero-order valence-electron chi connectivity index (χ0n) is 17.5. The van der Waals surface area contributed by atoms with Crippen molar-refractivity contribution in [3.8, 4) is 17.0 Å². The number of rotatable bonds is 5. The highest BCUT2D eigenvalue weighted by Gasteiger charge is 2.17. The second kappa shape index (κ2) is 8.41. The van der Waals surface area contributed by atoms with Crippen LogP contribution in [-0.2, 0) is 10.0 Å². The van der Waals surface area contributed by atoms with Gasteiger partial charge in [-0.15, -0.1) is 0 Å². The summed E-state index contributed by atoms with van der Waals surface area (Å²) in [5.74, 6) is 0.339. The fourth-order valence-corrected chi connectivity index (χ4v) is 3.92. The third kappa shape index (κ3) is 4.32. The van der Waals surface area contributed by atoms with E-state index >= 15 is 0 Å². The molecule has 0 saturated heterocycles. The molecule has 0 radical (unpaired) electrons. The molecule has 1 amide bonds. The monoisotopic (exact) mass is 447 g/mol. The molecular formula is C24H21N3O4S. The van der Waals surface area contributed by atoms with Crippen molar-refractivity contribution in [2.45, 2.75) is 11.8 Å². The van der Waals surface area contributed by atoms with Gasteiger partial charge in [0.2, 0.25) is 10.0 Å². The van der Waals surface area contributed by atoms with Crippen molar-refractivity contribution in [1.82, 2.24) is 4.98 Å². The van der Waals surface area contributed by atoms with Crippen molar-refractivity contribution in [2.75, 3.05) is 12.4 Å². The highest BCUT2D eigenvalue weighted by atomic mass is 32.2. The topological polar surface area (TPSA) is 111 Å². The summed E-state index contributed by atoms with van der Waals surface area (Å²) in [6, 6.07) is 20.8. The molecule has 4 aromatic rings. The molecule has 3 N–H and O–H groups in total. The Kier molecular flexibility index (Phi) is 5.65. The number of nitrogens with two attached hydrogens (primary N) is 1. The molecule has 0 atom stereocenters. The van der Waals surface area contributed by atoms with Crippen LogP contribution < -0.4 is 15.2 Å². The van der Waals surface area contributed by atoms with Crippen LogP contribution in [0.2, 0.25) is 0 Å². The smallest absolute Gasteiger partial charge is 0.256 e. The highest BCUT2D eigenvalue weighted by molar-refractivity contribution is 7.89. The summed E-state index contributed by atoms with van der Waals surface area (Å²) >= 11 is 0. The number of aromatic nitrogens is 1. The number of sulfonamides is 1. The van der Waals surface area contributed by atoms with E-state index in [0.29, 0.717) is 33.4 Å². The van der Waals surface area contributed by atoms with Gasteiger partial charge in [-0.25, -0.2) is 18.5 Å². The van der Waals surface area contributed by atoms with Crippen molar-refractivity contribution in [3.63, 3.8) is 0 Å². The lowest BCUT2D eigenvalue weighted by molar-refractivity contribution is 0.102. The fourth-order valence-electron chi connectivity index (χ4n) is 3.38. The number of pyridine rings is 1. The number of hydrogen-bond donors (Lipinski definition) is 2. The Balaban J connectivity index is 1.79. The van der Waals surface area contributed by atoms with Crippen LogP contribution in [0, 0.1) is 6.92 Å². The largest absolute Gasteiger partial charge is 0.497 e. The number of benzene rings is 3. The molecule has 0 spiro atoms. The van der Waals surface area contributed by atoms with E-state index in [1.807, 2.05) is 48.5 Å². The average molecular weight is 448 g/mol. The minimum atomic E-state index is -3.90. The Labute approximate surface area is 185 Å². The van der Waals surface area contributed by atoms with Crippen molar-refractivity contribution < 1.29 is 17.9 Å². The van der Waals surface area contributed by atoms with Crippen LogP contribution in [0.4, 0.5) is 5.69 Å². The van der Waals surface area contributed by atoms with Crippen LogP contribution >= 0.6 is 0 Å². The number of para-hydroxylation sites is 1. The van der Waals surface area contributed by atoms with Crippen LogP contribution in [0.1, 0.15) is 15.9 Å². The van der Waals surface area contributed by atoms with Crippen LogP contribution in [0.5, 0.6) is 5.75 Å². The first-order valence-corrected chi connectivity index (χ1v) is 11.3. The van der Waals surface area contributed by atoms with Crippen LogP contribution in [0.25, 0.3) is 22.2 Å². The van der Waals surface area contributed by atoms with E-state index in [1.54, 1.807) is 26.2 Å². The molecular weight excluding hydrogens is 426 g/mol. The van der Waals surface area contributed by atoms with E-state index in [1.165, 1.54) is 12.1 Å². The molecule has 0 saturated carbocycles. The molecule has 0 aliphatic rings. The lowest BCUT2D eigenvalue weighted by atomic mass is 10.0. The summed E-state index contributed by atoms with van der Waals surface area (Å²) in [5, 5.41) is 8.74. The standard InChI is InChI=1S/C24H21N3O4S/c1-15-7-12-18(32(25,29)30)13-22(15)27-24(28)20-14-23(16-8-10-17(31-2)11-9-16)26-21-6-4-3-5-19(20)21/h3-14H,1-2H3,(H,27,28)(H2,25,29,30). The van der Waals surface area contributed by atoms with Gasteiger partial charge in [-0.05, 0) is 61.0 Å². The van der Waals surface area contributed by atoms with Crippen LogP contribution in [-0.4, -0.2) is 26.4 Å². The molecule has 4 rings (SSSR count). The maximum Gasteiger partial charge on any atom is 0.256 e. The van der Waals surface area contributed by atoms with Crippen LogP contribution in [0.15, 0.2) is 77.7 Å². The maximum absolute atomic E-state index is 13.3. The Morgan fingerprint density at radius 3 is 2.41 bits per heavy atom. The molecule has 0 fully saturated rings. The molecule has 8 heteroatoms. The first-order chi connectivity index (χ1) is 15.3. The number of amides is 1. The van der Waals surface area contributed by atoms with E-state index in [2.05, 4.69) is 5.32 Å². The predicted octanol–water partition coefficient (Wildman–Crippen LogP) is 4.12. The van der Waals surface area contributed by atoms with Gasteiger partial charge in [0.25, 0.3) is 5.91 Å². The molecule has 7 nitrogen and oxygen atoms in total. The molecule has 3 aromatic carbocycles. The summed E-state index contributed by atoms with van der Waals surface area (Å²) in [5.41, 5.74) is 3.63. The van der Waals surface area contributed by atoms with Gasteiger partial charge >= 0.3 is 0 Å². The van der Waals surface area contributed by atoms with Gasteiger partial charge in [0, 0.05) is 16.6 Å². The molecule has 1 heterocycles. The molecule has 32 heavy (non-hydrogen) atoms. The van der Waals surface area contributed by atoms with Crippen molar-refractivity contribution in [1.29, 1.82) is 0 Å². The minimum absolute atomic E-state index is 0.0723. The summed E-state index contributed by atoms with van der Waals surface area (Å²) in [7, 11) is -2.30. The summed E-state index contributed by atoms with van der Waals surface area (Å²) in [4.78, 5) is 17.9. The van der Waals surface area contributed by atoms with Crippen molar-refractivity contribution in [2.24, 2.45) is 5.14 Å². The lowest BCUT2D eigenvalue weighted by Crippen LogP contribution is -2.16. The number of fused-ring (bicyclic) bond motifs is 1. The molecule has 162 valence electrons. The first kappa shape index (κ1) is 21.5. The van der Waals surface area contributed by atoms with E-state index in [9.17, 15) is 13.2 Å². The van der Waals surface area contributed by atoms with Gasteiger partial charge in [-0.3, -0.25) is 4.79 Å². The number of nitrogens with zero attached hydrogens (tertiary/aromatic N) is 1. The number of nitrogens with one attached hydrogen (secondary N) is 1. The number of ether oxygens (including phenoxy) is 1. The molecule has 0 unspecified atom stereocenters. The number of anilines is 1. The molecule has 0 bridgehead atoms. The van der Waals surface area contributed by atoms with E-state index in [-0.39, 0.29) is 10.8 Å². The first-order valence-electron chi connectivity index (χ1n) is 9.75. The highest BCUT2D eigenvalue weighted by Crippen LogP contribution is 2.28. The second-order valence-corrected chi connectivity index (χ2v) is 8.84. The van der Waals surface area contributed by atoms with E-state index in [0.717, 1.165) is 11.3 Å². The van der Waals surface area contributed by atoms with Gasteiger partial charge < -0.3 is 10.1 Å². The number of aryl methyl sites for hydroxylation is 1. The lowest BCUT2D eigenvalue weighted by Gasteiger charge is -2.13. The Hall–Kier alpha value is -3.75. The second-order valence-electron chi connectivity index (χ2n) is 7.28. The Bertz CT molecular complexity index is 1430.